The largest absolute Gasteiger partial charge is 0.350 e. The van der Waals surface area contributed by atoms with Crippen LogP contribution in [0.15, 0.2) is 0 Å². The predicted molar refractivity (Wildman–Crippen MR) is 295 cm³/mol. The molecule has 0 aromatic carbocycles. The standard InChI is InChI=1S/C63H112O14/c1-22-44-30(8)29(7)37(15)58(65-44)72-51-32(10)39(17)59(66-45(51)23-2)73-52-33(11)40(18)60(67-46(52)24-3)74-53-34(12)41(19)61(68-47(53)25-4)75-54-35(13)42(20)62(69-48(54)26-5)76-55-36(14)43(21)63(70-49(55)27-6)77-56-31(9)38(16)57-64-28-50(56)71-57/h29-63H,22-28H2,1-21H3/t29-,30-,31?,32?,33?,34?,35?,36?,37?,38?,39-,40?,41?,42-,43-,44?,45?,46-,47-,48?,49?,50-,51-,52-,53-,54-,55-,56-,57+,58-,59-,60+,61-,62-,63-/m0/s1. The fourth-order valence-electron chi connectivity index (χ4n) is 14.8. The van der Waals surface area contributed by atoms with E-state index in [1.807, 2.05) is 0 Å². The highest BCUT2D eigenvalue weighted by atomic mass is 16.8. The van der Waals surface area contributed by atoms with Crippen molar-refractivity contribution < 1.29 is 66.3 Å². The smallest absolute Gasteiger partial charge is 0.161 e. The van der Waals surface area contributed by atoms with E-state index in [1.165, 1.54) is 0 Å². The highest BCUT2D eigenvalue weighted by Crippen LogP contribution is 2.48. The molecule has 8 fully saturated rings. The van der Waals surface area contributed by atoms with E-state index in [4.69, 9.17) is 66.3 Å². The van der Waals surface area contributed by atoms with Gasteiger partial charge in [-0.25, -0.2) is 0 Å². The third kappa shape index (κ3) is 12.5. The second kappa shape index (κ2) is 26.6. The number of rotatable bonds is 18. The highest BCUT2D eigenvalue weighted by Gasteiger charge is 2.55. The number of hydrogen-bond donors (Lipinski definition) is 0. The van der Waals surface area contributed by atoms with Crippen molar-refractivity contribution in [2.45, 2.75) is 307 Å². The highest BCUT2D eigenvalue weighted by molar-refractivity contribution is 4.97. The van der Waals surface area contributed by atoms with Crippen LogP contribution in [-0.2, 0) is 66.3 Å². The maximum atomic E-state index is 7.18. The minimum absolute atomic E-state index is 0.0570. The van der Waals surface area contributed by atoms with Gasteiger partial charge in [0.25, 0.3) is 0 Å². The SMILES string of the molecule is CCC1O[C@@H](O[C@@H]2C(CC)O[C@@H](O[C@H]3C(C)C(C)[C@@H]4OC[C@@H]3O4)[C@@H](C)C2C)[C@@H](C)C(C)[C@@H]1O[C@@H]1O[C@@H](CC)[C@@H](O[C@H]2O[C@@H](CC)[C@@H](O[C@@H]3OC(CC)[C@@H](O[C@@H]4OC(CC)[C@@H](C)[C@H](C)C4C)C(C)[C@@H]3C)C(C)C2C)C(C)C1C. The Hall–Kier alpha value is -0.560. The zero-order valence-electron chi connectivity index (χ0n) is 51.9. The van der Waals surface area contributed by atoms with Crippen LogP contribution in [0.2, 0.25) is 0 Å². The van der Waals surface area contributed by atoms with Gasteiger partial charge in [0.15, 0.2) is 44.0 Å². The molecule has 0 amide bonds. The topological polar surface area (TPSA) is 129 Å². The van der Waals surface area contributed by atoms with E-state index in [-0.39, 0.29) is 170 Å². The van der Waals surface area contributed by atoms with E-state index in [9.17, 15) is 0 Å². The fourth-order valence-corrected chi connectivity index (χ4v) is 14.8. The van der Waals surface area contributed by atoms with Crippen LogP contribution >= 0.6 is 0 Å². The molecule has 14 heteroatoms. The molecule has 8 heterocycles. The van der Waals surface area contributed by atoms with E-state index in [2.05, 4.69) is 145 Å². The molecule has 14 unspecified atom stereocenters. The molecule has 8 saturated heterocycles. The molecule has 0 aromatic heterocycles. The third-order valence-corrected chi connectivity index (χ3v) is 22.3. The molecule has 0 saturated carbocycles. The first kappa shape index (κ1) is 62.5. The third-order valence-electron chi connectivity index (χ3n) is 22.3. The van der Waals surface area contributed by atoms with Crippen molar-refractivity contribution in [2.75, 3.05) is 6.61 Å². The quantitative estimate of drug-likeness (QED) is 0.129. The van der Waals surface area contributed by atoms with E-state index < -0.39 is 18.9 Å². The van der Waals surface area contributed by atoms with Gasteiger partial charge in [0.05, 0.1) is 79.9 Å². The second-order valence-corrected chi connectivity index (χ2v) is 26.6. The summed E-state index contributed by atoms with van der Waals surface area (Å²) in [7, 11) is 0. The van der Waals surface area contributed by atoms with Gasteiger partial charge in [-0.05, 0) is 85.9 Å². The minimum atomic E-state index is -0.415. The molecule has 8 rings (SSSR count). The summed E-state index contributed by atoms with van der Waals surface area (Å²) in [4.78, 5) is 0. The van der Waals surface area contributed by atoms with E-state index in [0.717, 1.165) is 38.5 Å². The normalized spacial score (nSPS) is 54.6. The van der Waals surface area contributed by atoms with E-state index in [0.29, 0.717) is 30.3 Å². The zero-order valence-corrected chi connectivity index (χ0v) is 51.9. The maximum Gasteiger partial charge on any atom is 0.161 e. The van der Waals surface area contributed by atoms with Crippen LogP contribution in [0.4, 0.5) is 0 Å². The van der Waals surface area contributed by atoms with Crippen molar-refractivity contribution in [1.29, 1.82) is 0 Å². The molecule has 0 spiro atoms. The van der Waals surface area contributed by atoms with Gasteiger partial charge in [-0.3, -0.25) is 0 Å². The summed E-state index contributed by atoms with van der Waals surface area (Å²) in [6.07, 6.45) is 1.26. The Kier molecular flexibility index (Phi) is 21.6. The Balaban J connectivity index is 0.859. The van der Waals surface area contributed by atoms with Crippen LogP contribution < -0.4 is 0 Å². The Morgan fingerprint density at radius 3 is 0.753 bits per heavy atom. The Labute approximate surface area is 467 Å². The van der Waals surface area contributed by atoms with Gasteiger partial charge in [0.2, 0.25) is 0 Å². The zero-order chi connectivity index (χ0) is 56.1. The summed E-state index contributed by atoms with van der Waals surface area (Å²) >= 11 is 0. The van der Waals surface area contributed by atoms with Crippen molar-refractivity contribution in [2.24, 2.45) is 88.8 Å². The molecule has 2 bridgehead atoms. The van der Waals surface area contributed by atoms with Crippen LogP contribution in [0.3, 0.4) is 0 Å². The number of fused-ring (bicyclic) bond motifs is 2. The fraction of sp³-hybridized carbons (Fsp3) is 1.00. The minimum Gasteiger partial charge on any atom is -0.350 e. The Morgan fingerprint density at radius 1 is 0.247 bits per heavy atom. The summed E-state index contributed by atoms with van der Waals surface area (Å²) in [5, 5.41) is 0. The monoisotopic (exact) mass is 1090 g/mol. The van der Waals surface area contributed by atoms with Crippen molar-refractivity contribution in [3.05, 3.63) is 0 Å². The molecule has 8 aliphatic heterocycles. The Bertz CT molecular complexity index is 1800. The van der Waals surface area contributed by atoms with Crippen molar-refractivity contribution in [3.8, 4) is 0 Å². The van der Waals surface area contributed by atoms with Gasteiger partial charge in [0.1, 0.15) is 6.10 Å². The first-order valence-electron chi connectivity index (χ1n) is 31.7. The molecule has 0 N–H and O–H groups in total. The first-order chi connectivity index (χ1) is 36.6. The van der Waals surface area contributed by atoms with Crippen LogP contribution in [0.25, 0.3) is 0 Å². The van der Waals surface area contributed by atoms with Crippen molar-refractivity contribution >= 4 is 0 Å². The number of hydrogen-bond acceptors (Lipinski definition) is 14. The van der Waals surface area contributed by atoms with Gasteiger partial charge in [0, 0.05) is 41.4 Å². The molecule has 77 heavy (non-hydrogen) atoms. The van der Waals surface area contributed by atoms with Crippen LogP contribution in [0.1, 0.15) is 184 Å². The van der Waals surface area contributed by atoms with Gasteiger partial charge < -0.3 is 66.3 Å². The van der Waals surface area contributed by atoms with E-state index in [1.54, 1.807) is 0 Å². The Morgan fingerprint density at radius 2 is 0.481 bits per heavy atom. The lowest BCUT2D eigenvalue weighted by atomic mass is 9.78. The lowest BCUT2D eigenvalue weighted by molar-refractivity contribution is -0.369. The van der Waals surface area contributed by atoms with Crippen LogP contribution in [0.5, 0.6) is 0 Å². The molecule has 0 radical (unpaired) electrons. The lowest BCUT2D eigenvalue weighted by Gasteiger charge is -2.52. The summed E-state index contributed by atoms with van der Waals surface area (Å²) in [5.74, 6) is 3.11. The molecular weight excluding hydrogens is 981 g/mol. The van der Waals surface area contributed by atoms with Crippen molar-refractivity contribution in [1.82, 2.24) is 0 Å². The number of ether oxygens (including phenoxy) is 14. The molecule has 0 aromatic rings. The molecule has 448 valence electrons. The average molecular weight is 1090 g/mol. The maximum absolute atomic E-state index is 7.18. The van der Waals surface area contributed by atoms with E-state index >= 15 is 0 Å². The van der Waals surface area contributed by atoms with Gasteiger partial charge in [-0.2, -0.15) is 0 Å². The molecular formula is C63H112O14. The van der Waals surface area contributed by atoms with Gasteiger partial charge in [-0.15, -0.1) is 0 Å². The molecule has 14 nitrogen and oxygen atoms in total. The summed E-state index contributed by atoms with van der Waals surface area (Å²) in [5.41, 5.74) is 0. The van der Waals surface area contributed by atoms with Gasteiger partial charge in [-0.1, -0.05) is 145 Å². The first-order valence-corrected chi connectivity index (χ1v) is 31.7. The predicted octanol–water partition coefficient (Wildman–Crippen LogP) is 12.4. The molecule has 0 aliphatic carbocycles. The molecule has 35 atom stereocenters. The summed E-state index contributed by atoms with van der Waals surface area (Å²) in [6, 6.07) is 0. The lowest BCUT2D eigenvalue weighted by Crippen LogP contribution is -2.60. The van der Waals surface area contributed by atoms with Crippen LogP contribution in [0, 0.1) is 88.8 Å². The summed E-state index contributed by atoms with van der Waals surface area (Å²) < 4.78 is 96.0. The average Bonchev–Trinajstić information content (AvgIpc) is 3.94. The second-order valence-electron chi connectivity index (χ2n) is 26.6. The van der Waals surface area contributed by atoms with Crippen molar-refractivity contribution in [3.63, 3.8) is 0 Å². The van der Waals surface area contributed by atoms with Gasteiger partial charge >= 0.3 is 0 Å². The van der Waals surface area contributed by atoms with Crippen LogP contribution in [-0.4, -0.2) is 130 Å². The molecule has 8 aliphatic rings. The summed E-state index contributed by atoms with van der Waals surface area (Å²) in [6.45, 7) is 47.8.